The number of rotatable bonds is 7. The highest BCUT2D eigenvalue weighted by atomic mass is 16.5. The van der Waals surface area contributed by atoms with Gasteiger partial charge in [0.15, 0.2) is 0 Å². The van der Waals surface area contributed by atoms with E-state index in [9.17, 15) is 9.59 Å². The van der Waals surface area contributed by atoms with Crippen LogP contribution in [0.5, 0.6) is 5.75 Å². The van der Waals surface area contributed by atoms with E-state index in [4.69, 9.17) is 4.74 Å². The predicted octanol–water partition coefficient (Wildman–Crippen LogP) is 3.86. The van der Waals surface area contributed by atoms with Crippen molar-refractivity contribution in [2.24, 2.45) is 5.41 Å². The maximum absolute atomic E-state index is 13.1. The molecule has 0 heterocycles. The maximum atomic E-state index is 13.1. The lowest BCUT2D eigenvalue weighted by Crippen LogP contribution is -2.43. The number of nitrogens with one attached hydrogen (secondary N) is 1. The summed E-state index contributed by atoms with van der Waals surface area (Å²) >= 11 is 0. The first kappa shape index (κ1) is 18.0. The molecule has 2 amide bonds. The second kappa shape index (κ2) is 7.60. The highest BCUT2D eigenvalue weighted by Crippen LogP contribution is 2.48. The Bertz CT molecular complexity index is 768. The van der Waals surface area contributed by atoms with E-state index in [-0.39, 0.29) is 11.8 Å². The van der Waals surface area contributed by atoms with Gasteiger partial charge in [0.2, 0.25) is 11.8 Å². The summed E-state index contributed by atoms with van der Waals surface area (Å²) in [6.07, 6.45) is 1.16. The summed E-state index contributed by atoms with van der Waals surface area (Å²) in [6.45, 7) is 4.96. The fraction of sp³-hybridized carbons (Fsp3) is 0.333. The van der Waals surface area contributed by atoms with Crippen molar-refractivity contribution in [2.75, 3.05) is 23.4 Å². The van der Waals surface area contributed by atoms with Gasteiger partial charge in [-0.3, -0.25) is 9.59 Å². The summed E-state index contributed by atoms with van der Waals surface area (Å²) < 4.78 is 5.41. The normalized spacial score (nSPS) is 14.4. The molecule has 26 heavy (non-hydrogen) atoms. The second-order valence-corrected chi connectivity index (χ2v) is 6.38. The number of amides is 2. The Labute approximate surface area is 154 Å². The minimum absolute atomic E-state index is 0.130. The first-order valence-corrected chi connectivity index (χ1v) is 9.02. The molecule has 0 radical (unpaired) electrons. The Morgan fingerprint density at radius 3 is 2.23 bits per heavy atom. The largest absolute Gasteiger partial charge is 0.494 e. The van der Waals surface area contributed by atoms with Crippen LogP contribution in [0.2, 0.25) is 0 Å². The van der Waals surface area contributed by atoms with E-state index in [1.54, 1.807) is 17.0 Å². The molecule has 136 valence electrons. The van der Waals surface area contributed by atoms with Crippen LogP contribution >= 0.6 is 0 Å². The van der Waals surface area contributed by atoms with Gasteiger partial charge in [-0.1, -0.05) is 18.2 Å². The lowest BCUT2D eigenvalue weighted by molar-refractivity contribution is -0.132. The fourth-order valence-electron chi connectivity index (χ4n) is 3.02. The van der Waals surface area contributed by atoms with E-state index in [1.165, 1.54) is 0 Å². The third-order valence-corrected chi connectivity index (χ3v) is 4.65. The molecule has 5 heteroatoms. The molecule has 3 rings (SSSR count). The third kappa shape index (κ3) is 3.57. The van der Waals surface area contributed by atoms with Gasteiger partial charge >= 0.3 is 0 Å². The number of para-hydroxylation sites is 1. The Kier molecular flexibility index (Phi) is 5.26. The molecule has 0 aliphatic heterocycles. The van der Waals surface area contributed by atoms with Crippen molar-refractivity contribution in [2.45, 2.75) is 26.7 Å². The van der Waals surface area contributed by atoms with Crippen LogP contribution in [0.4, 0.5) is 11.4 Å². The first-order valence-electron chi connectivity index (χ1n) is 9.02. The molecule has 0 atom stereocenters. The number of hydrogen-bond donors (Lipinski definition) is 1. The van der Waals surface area contributed by atoms with Gasteiger partial charge in [-0.25, -0.2) is 0 Å². The molecular formula is C21H24N2O3. The number of benzene rings is 2. The van der Waals surface area contributed by atoms with Gasteiger partial charge in [-0.15, -0.1) is 0 Å². The van der Waals surface area contributed by atoms with E-state index in [0.29, 0.717) is 31.7 Å². The monoisotopic (exact) mass is 352 g/mol. The molecule has 2 aromatic carbocycles. The second-order valence-electron chi connectivity index (χ2n) is 6.38. The van der Waals surface area contributed by atoms with Crippen molar-refractivity contribution in [1.29, 1.82) is 0 Å². The average Bonchev–Trinajstić information content (AvgIpc) is 3.47. The lowest BCUT2D eigenvalue weighted by Gasteiger charge is -2.26. The summed E-state index contributed by atoms with van der Waals surface area (Å²) in [5.41, 5.74) is 0.533. The van der Waals surface area contributed by atoms with Crippen LogP contribution in [-0.2, 0) is 9.59 Å². The number of nitrogens with zero attached hydrogens (tertiary/aromatic N) is 1. The Morgan fingerprint density at radius 1 is 1.04 bits per heavy atom. The SMILES string of the molecule is CCOc1ccc(NC(=O)C2(C(=O)N(CC)c3ccccc3)CC2)cc1. The van der Waals surface area contributed by atoms with Gasteiger partial charge in [0.1, 0.15) is 11.2 Å². The molecule has 0 spiro atoms. The smallest absolute Gasteiger partial charge is 0.242 e. The van der Waals surface area contributed by atoms with Crippen LogP contribution in [-0.4, -0.2) is 25.0 Å². The van der Waals surface area contributed by atoms with E-state index in [1.807, 2.05) is 56.3 Å². The Morgan fingerprint density at radius 2 is 1.69 bits per heavy atom. The van der Waals surface area contributed by atoms with Gasteiger partial charge in [0, 0.05) is 17.9 Å². The van der Waals surface area contributed by atoms with Gasteiger partial charge in [0.05, 0.1) is 6.61 Å². The molecule has 1 saturated carbocycles. The van der Waals surface area contributed by atoms with Crippen molar-refractivity contribution in [3.8, 4) is 5.75 Å². The zero-order valence-corrected chi connectivity index (χ0v) is 15.2. The van der Waals surface area contributed by atoms with Crippen LogP contribution in [0, 0.1) is 5.41 Å². The summed E-state index contributed by atoms with van der Waals surface area (Å²) in [4.78, 5) is 27.6. The highest BCUT2D eigenvalue weighted by Gasteiger charge is 2.58. The maximum Gasteiger partial charge on any atom is 0.242 e. The summed E-state index contributed by atoms with van der Waals surface area (Å²) in [5, 5.41) is 2.88. The molecular weight excluding hydrogens is 328 g/mol. The number of anilines is 2. The minimum Gasteiger partial charge on any atom is -0.494 e. The molecule has 1 fully saturated rings. The third-order valence-electron chi connectivity index (χ3n) is 4.65. The van der Waals surface area contributed by atoms with Crippen molar-refractivity contribution in [3.05, 3.63) is 54.6 Å². The van der Waals surface area contributed by atoms with Crippen LogP contribution in [0.15, 0.2) is 54.6 Å². The molecule has 2 aromatic rings. The first-order chi connectivity index (χ1) is 12.6. The predicted molar refractivity (Wildman–Crippen MR) is 102 cm³/mol. The number of ether oxygens (including phenoxy) is 1. The molecule has 1 N–H and O–H groups in total. The number of hydrogen-bond acceptors (Lipinski definition) is 3. The zero-order valence-electron chi connectivity index (χ0n) is 15.2. The minimum atomic E-state index is -0.954. The highest BCUT2D eigenvalue weighted by molar-refractivity contribution is 6.17. The van der Waals surface area contributed by atoms with Crippen LogP contribution in [0.1, 0.15) is 26.7 Å². The van der Waals surface area contributed by atoms with Crippen LogP contribution < -0.4 is 15.0 Å². The molecule has 0 saturated heterocycles. The van der Waals surface area contributed by atoms with E-state index in [2.05, 4.69) is 5.32 Å². The van der Waals surface area contributed by atoms with Gasteiger partial charge in [0.25, 0.3) is 0 Å². The zero-order chi connectivity index (χ0) is 18.6. The van der Waals surface area contributed by atoms with Gasteiger partial charge in [-0.2, -0.15) is 0 Å². The summed E-state index contributed by atoms with van der Waals surface area (Å²) in [5.74, 6) is 0.389. The quantitative estimate of drug-likeness (QED) is 0.770. The molecule has 0 bridgehead atoms. The van der Waals surface area contributed by atoms with Gasteiger partial charge < -0.3 is 15.0 Å². The van der Waals surface area contributed by atoms with E-state index in [0.717, 1.165) is 11.4 Å². The van der Waals surface area contributed by atoms with Crippen molar-refractivity contribution in [1.82, 2.24) is 0 Å². The molecule has 1 aliphatic rings. The summed E-state index contributed by atoms with van der Waals surface area (Å²) in [7, 11) is 0. The summed E-state index contributed by atoms with van der Waals surface area (Å²) in [6, 6.07) is 16.7. The van der Waals surface area contributed by atoms with Crippen molar-refractivity contribution >= 4 is 23.2 Å². The van der Waals surface area contributed by atoms with E-state index >= 15 is 0 Å². The van der Waals surface area contributed by atoms with Crippen LogP contribution in [0.25, 0.3) is 0 Å². The van der Waals surface area contributed by atoms with Gasteiger partial charge in [-0.05, 0) is 63.1 Å². The Hall–Kier alpha value is -2.82. The standard InChI is InChI=1S/C21H24N2O3/c1-3-23(17-8-6-5-7-9-17)20(25)21(14-15-21)19(24)22-16-10-12-18(13-11-16)26-4-2/h5-13H,3-4,14-15H2,1-2H3,(H,22,24). The van der Waals surface area contributed by atoms with Crippen molar-refractivity contribution < 1.29 is 14.3 Å². The van der Waals surface area contributed by atoms with Crippen molar-refractivity contribution in [3.63, 3.8) is 0 Å². The van der Waals surface area contributed by atoms with E-state index < -0.39 is 5.41 Å². The van der Waals surface area contributed by atoms with Crippen LogP contribution in [0.3, 0.4) is 0 Å². The molecule has 5 nitrogen and oxygen atoms in total. The molecule has 0 unspecified atom stereocenters. The number of carbonyl (C=O) groups excluding carboxylic acids is 2. The lowest BCUT2D eigenvalue weighted by atomic mass is 10.0. The topological polar surface area (TPSA) is 58.6 Å². The molecule has 0 aromatic heterocycles. The average molecular weight is 352 g/mol. The fourth-order valence-corrected chi connectivity index (χ4v) is 3.02. The Balaban J connectivity index is 1.72. The number of carbonyl (C=O) groups is 2. The molecule has 1 aliphatic carbocycles.